The molecular formula is C82H161NO5. The summed E-state index contributed by atoms with van der Waals surface area (Å²) in [5.41, 5.74) is 0. The lowest BCUT2D eigenvalue weighted by molar-refractivity contribution is -0.143. The maximum atomic E-state index is 12.5. The first-order valence-corrected chi connectivity index (χ1v) is 41.0. The molecule has 88 heavy (non-hydrogen) atoms. The van der Waals surface area contributed by atoms with Crippen LogP contribution in [-0.2, 0) is 14.3 Å². The van der Waals surface area contributed by atoms with Crippen LogP contribution in [0.4, 0.5) is 0 Å². The van der Waals surface area contributed by atoms with Gasteiger partial charge in [0.25, 0.3) is 0 Å². The third-order valence-corrected chi connectivity index (χ3v) is 19.6. The monoisotopic (exact) mass is 1240 g/mol. The van der Waals surface area contributed by atoms with E-state index >= 15 is 0 Å². The lowest BCUT2D eigenvalue weighted by Crippen LogP contribution is -2.45. The minimum atomic E-state index is -0.842. The summed E-state index contributed by atoms with van der Waals surface area (Å²) in [6.45, 7) is 4.97. The Labute approximate surface area is 552 Å². The number of esters is 1. The van der Waals surface area contributed by atoms with Crippen LogP contribution >= 0.6 is 0 Å². The van der Waals surface area contributed by atoms with Gasteiger partial charge in [0.1, 0.15) is 0 Å². The first-order valence-electron chi connectivity index (χ1n) is 41.0. The van der Waals surface area contributed by atoms with Crippen molar-refractivity contribution in [2.75, 3.05) is 13.2 Å². The van der Waals surface area contributed by atoms with Crippen LogP contribution in [0.5, 0.6) is 0 Å². The van der Waals surface area contributed by atoms with Crippen LogP contribution in [0.1, 0.15) is 476 Å². The van der Waals surface area contributed by atoms with Gasteiger partial charge in [-0.3, -0.25) is 9.59 Å². The lowest BCUT2D eigenvalue weighted by Gasteiger charge is -2.20. The van der Waals surface area contributed by atoms with Gasteiger partial charge in [-0.15, -0.1) is 0 Å². The first-order chi connectivity index (χ1) is 43.5. The van der Waals surface area contributed by atoms with Crippen LogP contribution in [0, 0.1) is 0 Å². The van der Waals surface area contributed by atoms with E-state index in [0.717, 1.165) is 38.5 Å². The fourth-order valence-corrected chi connectivity index (χ4v) is 13.3. The molecule has 0 spiro atoms. The fraction of sp³-hybridized carbons (Fsp3) is 0.951. The minimum absolute atomic E-state index is 0.0268. The number of carbonyl (C=O) groups excluding carboxylic acids is 2. The van der Waals surface area contributed by atoms with Gasteiger partial charge in [-0.1, -0.05) is 443 Å². The average Bonchev–Trinajstić information content (AvgIpc) is 3.58. The predicted molar refractivity (Wildman–Crippen MR) is 389 cm³/mol. The molecule has 0 rings (SSSR count). The number of rotatable bonds is 78. The smallest absolute Gasteiger partial charge is 0.305 e. The van der Waals surface area contributed by atoms with E-state index in [-0.39, 0.29) is 18.5 Å². The number of aliphatic hydroxyl groups is 2. The molecule has 0 aromatic heterocycles. The van der Waals surface area contributed by atoms with E-state index in [0.29, 0.717) is 19.4 Å². The van der Waals surface area contributed by atoms with Crippen molar-refractivity contribution in [3.8, 4) is 0 Å². The van der Waals surface area contributed by atoms with Gasteiger partial charge in [-0.2, -0.15) is 0 Å². The molecule has 0 heterocycles. The van der Waals surface area contributed by atoms with E-state index in [9.17, 15) is 19.8 Å². The standard InChI is InChI=1S/C82H161NO5/c1-3-5-7-9-11-13-15-17-19-21-22-36-39-43-46-50-54-58-62-66-70-74-80(85)79(78-84)83-81(86)75-71-67-63-59-55-51-47-44-40-37-34-32-30-28-26-24-23-25-27-29-31-33-35-38-41-45-49-53-57-61-65-69-73-77-88-82(87)76-72-68-64-60-56-52-48-42-20-18-16-14-12-10-8-6-4-2/h70,74,79-80,84-85H,3-69,71-73,75-78H2,1-2H3,(H,83,86)/b74-70+. The maximum Gasteiger partial charge on any atom is 0.305 e. The molecule has 524 valence electrons. The van der Waals surface area contributed by atoms with Gasteiger partial charge in [-0.25, -0.2) is 0 Å². The highest BCUT2D eigenvalue weighted by molar-refractivity contribution is 5.76. The molecule has 0 saturated carbocycles. The summed E-state index contributed by atoms with van der Waals surface area (Å²) in [5, 5.41) is 23.3. The molecule has 0 aromatic carbocycles. The molecule has 0 saturated heterocycles. The Morgan fingerprint density at radius 3 is 0.773 bits per heavy atom. The zero-order chi connectivity index (χ0) is 63.5. The van der Waals surface area contributed by atoms with Crippen LogP contribution in [0.25, 0.3) is 0 Å². The summed E-state index contributed by atoms with van der Waals surface area (Å²) in [6.07, 6.45) is 99.2. The van der Waals surface area contributed by atoms with Gasteiger partial charge in [-0.05, 0) is 32.1 Å². The van der Waals surface area contributed by atoms with Crippen molar-refractivity contribution in [2.24, 2.45) is 0 Å². The third kappa shape index (κ3) is 73.6. The summed E-state index contributed by atoms with van der Waals surface area (Å²) in [5.74, 6) is -0.0310. The molecule has 2 atom stereocenters. The van der Waals surface area contributed by atoms with E-state index in [2.05, 4.69) is 19.2 Å². The number of carbonyl (C=O) groups is 2. The normalized spacial score (nSPS) is 12.5. The molecule has 2 unspecified atom stereocenters. The van der Waals surface area contributed by atoms with Gasteiger partial charge in [0.05, 0.1) is 25.4 Å². The van der Waals surface area contributed by atoms with Gasteiger partial charge >= 0.3 is 5.97 Å². The number of hydrogen-bond donors (Lipinski definition) is 3. The lowest BCUT2D eigenvalue weighted by atomic mass is 10.0. The van der Waals surface area contributed by atoms with Crippen LogP contribution in [0.15, 0.2) is 12.2 Å². The molecule has 6 nitrogen and oxygen atoms in total. The third-order valence-electron chi connectivity index (χ3n) is 19.6. The van der Waals surface area contributed by atoms with E-state index in [1.165, 1.54) is 411 Å². The van der Waals surface area contributed by atoms with Crippen LogP contribution in [0.2, 0.25) is 0 Å². The second-order valence-corrected chi connectivity index (χ2v) is 28.5. The predicted octanol–water partition coefficient (Wildman–Crippen LogP) is 27.1. The highest BCUT2D eigenvalue weighted by atomic mass is 16.5. The van der Waals surface area contributed by atoms with Gasteiger partial charge in [0, 0.05) is 12.8 Å². The molecule has 0 aliphatic heterocycles. The van der Waals surface area contributed by atoms with E-state index in [1.54, 1.807) is 6.08 Å². The minimum Gasteiger partial charge on any atom is -0.466 e. The fourth-order valence-electron chi connectivity index (χ4n) is 13.3. The molecule has 0 aliphatic rings. The number of aliphatic hydroxyl groups excluding tert-OH is 2. The number of amides is 1. The van der Waals surface area contributed by atoms with E-state index < -0.39 is 12.1 Å². The molecule has 3 N–H and O–H groups in total. The van der Waals surface area contributed by atoms with E-state index in [1.807, 2.05) is 6.08 Å². The van der Waals surface area contributed by atoms with Gasteiger partial charge in [0.15, 0.2) is 0 Å². The summed E-state index contributed by atoms with van der Waals surface area (Å²) >= 11 is 0. The number of nitrogens with one attached hydrogen (secondary N) is 1. The Balaban J connectivity index is 3.32. The van der Waals surface area contributed by atoms with Crippen molar-refractivity contribution in [2.45, 2.75) is 488 Å². The van der Waals surface area contributed by atoms with Crippen LogP contribution < -0.4 is 5.32 Å². The van der Waals surface area contributed by atoms with Crippen LogP contribution in [0.3, 0.4) is 0 Å². The second-order valence-electron chi connectivity index (χ2n) is 28.5. The van der Waals surface area contributed by atoms with Crippen molar-refractivity contribution in [1.82, 2.24) is 5.32 Å². The Morgan fingerprint density at radius 2 is 0.523 bits per heavy atom. The largest absolute Gasteiger partial charge is 0.466 e. The number of hydrogen-bond acceptors (Lipinski definition) is 5. The number of allylic oxidation sites excluding steroid dienone is 1. The van der Waals surface area contributed by atoms with Gasteiger partial charge < -0.3 is 20.3 Å². The highest BCUT2D eigenvalue weighted by Crippen LogP contribution is 2.21. The summed E-state index contributed by atoms with van der Waals surface area (Å²) < 4.78 is 5.52. The van der Waals surface area contributed by atoms with Crippen molar-refractivity contribution in [1.29, 1.82) is 0 Å². The van der Waals surface area contributed by atoms with Crippen molar-refractivity contribution >= 4 is 11.9 Å². The van der Waals surface area contributed by atoms with Crippen molar-refractivity contribution in [3.05, 3.63) is 12.2 Å². The quantitative estimate of drug-likeness (QED) is 0.0320. The zero-order valence-corrected chi connectivity index (χ0v) is 60.3. The molecule has 0 fully saturated rings. The SMILES string of the molecule is CCCCCCCCCCCCCCCCCCCCC/C=C/C(O)C(CO)NC(=O)CCCCCCCCCCCCCCCCCCCCCCCCCCCCCCCCCCCOC(=O)CCCCCCCCCCCCCCCCCCC. The number of unbranched alkanes of at least 4 members (excludes halogenated alkanes) is 67. The molecule has 1 amide bonds. The molecule has 6 heteroatoms. The Kier molecular flexibility index (Phi) is 76.8. The molecule has 0 aromatic rings. The van der Waals surface area contributed by atoms with Crippen molar-refractivity contribution in [3.63, 3.8) is 0 Å². The molecular weight excluding hydrogens is 1080 g/mol. The molecule has 0 bridgehead atoms. The van der Waals surface area contributed by atoms with E-state index in [4.69, 9.17) is 4.74 Å². The Morgan fingerprint density at radius 1 is 0.307 bits per heavy atom. The van der Waals surface area contributed by atoms with Crippen LogP contribution in [-0.4, -0.2) is 47.4 Å². The second kappa shape index (κ2) is 78.0. The summed E-state index contributed by atoms with van der Waals surface area (Å²) in [6, 6.07) is -0.625. The summed E-state index contributed by atoms with van der Waals surface area (Å²) in [7, 11) is 0. The topological polar surface area (TPSA) is 95.9 Å². The summed E-state index contributed by atoms with van der Waals surface area (Å²) in [4.78, 5) is 24.7. The van der Waals surface area contributed by atoms with Crippen molar-refractivity contribution < 1.29 is 24.5 Å². The molecule has 0 radical (unpaired) electrons. The number of ether oxygens (including phenoxy) is 1. The zero-order valence-electron chi connectivity index (χ0n) is 60.3. The maximum absolute atomic E-state index is 12.5. The average molecular weight is 1240 g/mol. The Bertz CT molecular complexity index is 1340. The van der Waals surface area contributed by atoms with Gasteiger partial charge in [0.2, 0.25) is 5.91 Å². The molecule has 0 aliphatic carbocycles. The highest BCUT2D eigenvalue weighted by Gasteiger charge is 2.18. The Hall–Kier alpha value is -1.40. The first kappa shape index (κ1) is 86.6.